The Morgan fingerprint density at radius 1 is 1.29 bits per heavy atom. The Morgan fingerprint density at radius 2 is 2.00 bits per heavy atom. The molecule has 0 bridgehead atoms. The van der Waals surface area contributed by atoms with Gasteiger partial charge in [-0.25, -0.2) is 0 Å². The molecule has 1 aromatic heterocycles. The first kappa shape index (κ1) is 13.6. The van der Waals surface area contributed by atoms with Crippen LogP contribution in [0.2, 0.25) is 0 Å². The Labute approximate surface area is 122 Å². The molecule has 1 fully saturated rings. The standard InChI is InChI=1S/C15H18N4O2/c1-15(2)14(21)16-8-13(20)19(15)9-11-10-6-4-5-7-12(10)18(3)17-11/h4-7H,8-9H2,1-3H3,(H,16,21). The first-order valence-corrected chi connectivity index (χ1v) is 6.90. The molecule has 0 spiro atoms. The number of rotatable bonds is 2. The van der Waals surface area contributed by atoms with Crippen molar-refractivity contribution in [1.82, 2.24) is 20.0 Å². The van der Waals surface area contributed by atoms with Gasteiger partial charge in [-0.2, -0.15) is 5.10 Å². The normalized spacial score (nSPS) is 18.1. The average Bonchev–Trinajstić information content (AvgIpc) is 2.77. The molecule has 1 N–H and O–H groups in total. The van der Waals surface area contributed by atoms with Crippen LogP contribution in [0.25, 0.3) is 10.9 Å². The van der Waals surface area contributed by atoms with E-state index in [2.05, 4.69) is 10.4 Å². The van der Waals surface area contributed by atoms with Crippen LogP contribution in [0.4, 0.5) is 0 Å². The smallest absolute Gasteiger partial charge is 0.245 e. The number of piperazine rings is 1. The van der Waals surface area contributed by atoms with Crippen LogP contribution in [0.1, 0.15) is 19.5 Å². The van der Waals surface area contributed by atoms with E-state index in [9.17, 15) is 9.59 Å². The summed E-state index contributed by atoms with van der Waals surface area (Å²) in [6, 6.07) is 7.88. The van der Waals surface area contributed by atoms with Crippen molar-refractivity contribution in [3.63, 3.8) is 0 Å². The van der Waals surface area contributed by atoms with Gasteiger partial charge in [-0.15, -0.1) is 0 Å². The molecular weight excluding hydrogens is 268 g/mol. The number of nitrogens with zero attached hydrogens (tertiary/aromatic N) is 3. The van der Waals surface area contributed by atoms with Gasteiger partial charge < -0.3 is 10.2 Å². The molecule has 3 rings (SSSR count). The maximum Gasteiger partial charge on any atom is 0.245 e. The number of benzene rings is 1. The monoisotopic (exact) mass is 286 g/mol. The number of carbonyl (C=O) groups is 2. The number of aryl methyl sites for hydroxylation is 1. The van der Waals surface area contributed by atoms with Gasteiger partial charge in [0.1, 0.15) is 5.54 Å². The molecule has 0 saturated carbocycles. The largest absolute Gasteiger partial charge is 0.345 e. The summed E-state index contributed by atoms with van der Waals surface area (Å²) >= 11 is 0. The van der Waals surface area contributed by atoms with Gasteiger partial charge in [-0.05, 0) is 19.9 Å². The summed E-state index contributed by atoms with van der Waals surface area (Å²) in [4.78, 5) is 25.8. The van der Waals surface area contributed by atoms with Crippen LogP contribution in [0.3, 0.4) is 0 Å². The predicted molar refractivity (Wildman–Crippen MR) is 78.4 cm³/mol. The van der Waals surface area contributed by atoms with Crippen molar-refractivity contribution in [2.75, 3.05) is 6.54 Å². The van der Waals surface area contributed by atoms with Crippen LogP contribution in [0.5, 0.6) is 0 Å². The molecule has 0 radical (unpaired) electrons. The molecule has 2 amide bonds. The van der Waals surface area contributed by atoms with E-state index >= 15 is 0 Å². The van der Waals surface area contributed by atoms with Crippen LogP contribution in [-0.4, -0.2) is 38.6 Å². The number of nitrogens with one attached hydrogen (secondary N) is 1. The third-order valence-electron chi connectivity index (χ3n) is 4.07. The first-order valence-electron chi connectivity index (χ1n) is 6.90. The van der Waals surface area contributed by atoms with E-state index < -0.39 is 5.54 Å². The molecule has 0 atom stereocenters. The Hall–Kier alpha value is -2.37. The second-order valence-electron chi connectivity index (χ2n) is 5.81. The van der Waals surface area contributed by atoms with Gasteiger partial charge >= 0.3 is 0 Å². The summed E-state index contributed by atoms with van der Waals surface area (Å²) in [5, 5.41) is 8.13. The van der Waals surface area contributed by atoms with Crippen LogP contribution in [0, 0.1) is 0 Å². The minimum absolute atomic E-state index is 0.0486. The number of hydrogen-bond donors (Lipinski definition) is 1. The lowest BCUT2D eigenvalue weighted by Gasteiger charge is -2.40. The van der Waals surface area contributed by atoms with Crippen molar-refractivity contribution in [3.8, 4) is 0 Å². The Morgan fingerprint density at radius 3 is 2.76 bits per heavy atom. The summed E-state index contributed by atoms with van der Waals surface area (Å²) in [5.41, 5.74) is 0.956. The lowest BCUT2D eigenvalue weighted by atomic mass is 9.98. The third-order valence-corrected chi connectivity index (χ3v) is 4.07. The zero-order valence-electron chi connectivity index (χ0n) is 12.4. The number of carbonyl (C=O) groups excluding carboxylic acids is 2. The van der Waals surface area contributed by atoms with Gasteiger partial charge in [-0.3, -0.25) is 14.3 Å². The molecule has 2 heterocycles. The van der Waals surface area contributed by atoms with Gasteiger partial charge in [0.2, 0.25) is 11.8 Å². The van der Waals surface area contributed by atoms with Gasteiger partial charge in [0, 0.05) is 12.4 Å². The van der Waals surface area contributed by atoms with Crippen molar-refractivity contribution < 1.29 is 9.59 Å². The van der Waals surface area contributed by atoms with Crippen LogP contribution >= 0.6 is 0 Å². The molecule has 6 heteroatoms. The van der Waals surface area contributed by atoms with Crippen molar-refractivity contribution in [2.24, 2.45) is 7.05 Å². The van der Waals surface area contributed by atoms with E-state index in [1.165, 1.54) is 0 Å². The molecule has 0 unspecified atom stereocenters. The second kappa shape index (κ2) is 4.58. The first-order chi connectivity index (χ1) is 9.91. The van der Waals surface area contributed by atoms with Crippen LogP contribution < -0.4 is 5.32 Å². The highest BCUT2D eigenvalue weighted by molar-refractivity contribution is 5.97. The number of hydrogen-bond acceptors (Lipinski definition) is 3. The number of fused-ring (bicyclic) bond motifs is 1. The molecule has 1 aromatic carbocycles. The average molecular weight is 286 g/mol. The fourth-order valence-corrected chi connectivity index (χ4v) is 2.74. The second-order valence-corrected chi connectivity index (χ2v) is 5.81. The summed E-state index contributed by atoms with van der Waals surface area (Å²) in [6.45, 7) is 3.89. The molecule has 2 aromatic rings. The maximum absolute atomic E-state index is 12.2. The quantitative estimate of drug-likeness (QED) is 0.888. The lowest BCUT2D eigenvalue weighted by molar-refractivity contribution is -0.152. The Balaban J connectivity index is 2.01. The van der Waals surface area contributed by atoms with E-state index in [1.54, 1.807) is 23.4 Å². The molecule has 21 heavy (non-hydrogen) atoms. The van der Waals surface area contributed by atoms with Crippen molar-refractivity contribution in [1.29, 1.82) is 0 Å². The highest BCUT2D eigenvalue weighted by atomic mass is 16.2. The zero-order chi connectivity index (χ0) is 15.2. The van der Waals surface area contributed by atoms with E-state index in [0.29, 0.717) is 6.54 Å². The van der Waals surface area contributed by atoms with Gasteiger partial charge in [0.05, 0.1) is 24.3 Å². The summed E-state index contributed by atoms with van der Waals surface area (Å²) in [7, 11) is 1.88. The maximum atomic E-state index is 12.2. The molecule has 1 aliphatic heterocycles. The fraction of sp³-hybridized carbons (Fsp3) is 0.400. The topological polar surface area (TPSA) is 67.2 Å². The molecular formula is C15H18N4O2. The highest BCUT2D eigenvalue weighted by Crippen LogP contribution is 2.24. The van der Waals surface area contributed by atoms with Crippen LogP contribution in [-0.2, 0) is 23.2 Å². The number of aromatic nitrogens is 2. The van der Waals surface area contributed by atoms with Gasteiger partial charge in [-0.1, -0.05) is 18.2 Å². The predicted octanol–water partition coefficient (Wildman–Crippen LogP) is 0.810. The summed E-state index contributed by atoms with van der Waals surface area (Å²) in [6.07, 6.45) is 0. The molecule has 6 nitrogen and oxygen atoms in total. The minimum atomic E-state index is -0.867. The van der Waals surface area contributed by atoms with Crippen LogP contribution in [0.15, 0.2) is 24.3 Å². The zero-order valence-corrected chi connectivity index (χ0v) is 12.4. The van der Waals surface area contributed by atoms with Crippen molar-refractivity contribution in [3.05, 3.63) is 30.0 Å². The summed E-state index contributed by atoms with van der Waals surface area (Å²) in [5.74, 6) is -0.225. The van der Waals surface area contributed by atoms with Crippen molar-refractivity contribution >= 4 is 22.7 Å². The molecule has 1 saturated heterocycles. The van der Waals surface area contributed by atoms with Crippen molar-refractivity contribution in [2.45, 2.75) is 25.9 Å². The molecule has 1 aliphatic rings. The molecule has 110 valence electrons. The molecule has 0 aliphatic carbocycles. The van der Waals surface area contributed by atoms with E-state index in [1.807, 2.05) is 31.3 Å². The lowest BCUT2D eigenvalue weighted by Crippen LogP contribution is -2.63. The van der Waals surface area contributed by atoms with E-state index in [4.69, 9.17) is 0 Å². The highest BCUT2D eigenvalue weighted by Gasteiger charge is 2.42. The van der Waals surface area contributed by atoms with E-state index in [0.717, 1.165) is 16.6 Å². The third kappa shape index (κ3) is 2.07. The number of amides is 2. The minimum Gasteiger partial charge on any atom is -0.345 e. The van der Waals surface area contributed by atoms with Gasteiger partial charge in [0.25, 0.3) is 0 Å². The van der Waals surface area contributed by atoms with Gasteiger partial charge in [0.15, 0.2) is 0 Å². The Bertz CT molecular complexity index is 732. The SMILES string of the molecule is Cn1nc(CN2C(=O)CNC(=O)C2(C)C)c2ccccc21. The number of para-hydroxylation sites is 1. The van der Waals surface area contributed by atoms with E-state index in [-0.39, 0.29) is 18.4 Å². The summed E-state index contributed by atoms with van der Waals surface area (Å²) < 4.78 is 1.80. The Kier molecular flexibility index (Phi) is 2.97. The fourth-order valence-electron chi connectivity index (χ4n) is 2.74.